The van der Waals surface area contributed by atoms with Crippen LogP contribution in [0.4, 0.5) is 11.4 Å². The van der Waals surface area contributed by atoms with Gasteiger partial charge in [-0.3, -0.25) is 4.72 Å². The second-order valence-corrected chi connectivity index (χ2v) is 6.89. The number of ether oxygens (including phenoxy) is 1. The Morgan fingerprint density at radius 3 is 2.58 bits per heavy atom. The van der Waals surface area contributed by atoms with Crippen LogP contribution in [0.5, 0.6) is 0 Å². The van der Waals surface area contributed by atoms with E-state index in [1.54, 1.807) is 13.0 Å². The van der Waals surface area contributed by atoms with Crippen LogP contribution >= 0.6 is 15.9 Å². The summed E-state index contributed by atoms with van der Waals surface area (Å²) >= 11 is 3.32. The number of benzene rings is 1. The van der Waals surface area contributed by atoms with Crippen LogP contribution in [-0.4, -0.2) is 39.0 Å². The standard InChI is InChI=1S/C11H16BrN3O3S/c1-8-6-9(12)7-10(13)11(8)14-19(16,17)15-2-4-18-5-3-15/h6-7,14H,2-5,13H2,1H3. The molecule has 0 spiro atoms. The molecule has 0 unspecified atom stereocenters. The van der Waals surface area contributed by atoms with Crippen molar-refractivity contribution >= 4 is 37.5 Å². The SMILES string of the molecule is Cc1cc(Br)cc(N)c1NS(=O)(=O)N1CCOCC1. The number of hydrogen-bond donors (Lipinski definition) is 2. The van der Waals surface area contributed by atoms with E-state index in [1.807, 2.05) is 6.07 Å². The van der Waals surface area contributed by atoms with Crippen molar-refractivity contribution in [1.29, 1.82) is 0 Å². The minimum atomic E-state index is -3.59. The van der Waals surface area contributed by atoms with Gasteiger partial charge in [-0.05, 0) is 24.6 Å². The number of nitrogens with one attached hydrogen (secondary N) is 1. The van der Waals surface area contributed by atoms with Crippen LogP contribution in [0.25, 0.3) is 0 Å². The molecule has 8 heteroatoms. The largest absolute Gasteiger partial charge is 0.397 e. The summed E-state index contributed by atoms with van der Waals surface area (Å²) in [6, 6.07) is 3.48. The van der Waals surface area contributed by atoms with Gasteiger partial charge >= 0.3 is 10.2 Å². The highest BCUT2D eigenvalue weighted by Gasteiger charge is 2.25. The van der Waals surface area contributed by atoms with Crippen LogP contribution in [0, 0.1) is 6.92 Å². The molecule has 0 radical (unpaired) electrons. The maximum Gasteiger partial charge on any atom is 0.301 e. The lowest BCUT2D eigenvalue weighted by Crippen LogP contribution is -2.43. The lowest BCUT2D eigenvalue weighted by atomic mass is 10.2. The summed E-state index contributed by atoms with van der Waals surface area (Å²) in [5.74, 6) is 0. The van der Waals surface area contributed by atoms with Gasteiger partial charge in [-0.25, -0.2) is 0 Å². The van der Waals surface area contributed by atoms with Crippen LogP contribution in [0.3, 0.4) is 0 Å². The van der Waals surface area contributed by atoms with Gasteiger partial charge in [-0.15, -0.1) is 0 Å². The molecule has 1 aliphatic rings. The predicted molar refractivity (Wildman–Crippen MR) is 78.2 cm³/mol. The maximum atomic E-state index is 12.2. The normalized spacial score (nSPS) is 17.4. The topological polar surface area (TPSA) is 84.7 Å². The molecule has 1 aromatic carbocycles. The van der Waals surface area contributed by atoms with Gasteiger partial charge in [0.25, 0.3) is 0 Å². The highest BCUT2D eigenvalue weighted by molar-refractivity contribution is 9.10. The zero-order chi connectivity index (χ0) is 14.0. The number of nitrogens with two attached hydrogens (primary N) is 1. The van der Waals surface area contributed by atoms with Crippen LogP contribution in [-0.2, 0) is 14.9 Å². The molecule has 1 aliphatic heterocycles. The van der Waals surface area contributed by atoms with E-state index in [4.69, 9.17) is 10.5 Å². The van der Waals surface area contributed by atoms with Gasteiger partial charge in [0.05, 0.1) is 24.6 Å². The Morgan fingerprint density at radius 2 is 2.00 bits per heavy atom. The van der Waals surface area contributed by atoms with E-state index in [9.17, 15) is 8.42 Å². The number of hydrogen-bond acceptors (Lipinski definition) is 4. The molecule has 1 heterocycles. The van der Waals surface area contributed by atoms with Crippen molar-refractivity contribution in [3.05, 3.63) is 22.2 Å². The van der Waals surface area contributed by atoms with Crippen molar-refractivity contribution in [3.8, 4) is 0 Å². The van der Waals surface area contributed by atoms with E-state index < -0.39 is 10.2 Å². The van der Waals surface area contributed by atoms with Crippen LogP contribution in [0.1, 0.15) is 5.56 Å². The summed E-state index contributed by atoms with van der Waals surface area (Å²) in [5, 5.41) is 0. The third-order valence-corrected chi connectivity index (χ3v) is 4.84. The number of nitrogen functional groups attached to an aromatic ring is 1. The zero-order valence-corrected chi connectivity index (χ0v) is 12.9. The average Bonchev–Trinajstić information content (AvgIpc) is 2.35. The number of aryl methyl sites for hydroxylation is 1. The molecule has 2 rings (SSSR count). The number of nitrogens with zero attached hydrogens (tertiary/aromatic N) is 1. The first-order valence-corrected chi connectivity index (χ1v) is 8.05. The van der Waals surface area contributed by atoms with E-state index in [2.05, 4.69) is 20.7 Å². The Hall–Kier alpha value is -0.830. The van der Waals surface area contributed by atoms with E-state index in [-0.39, 0.29) is 0 Å². The summed E-state index contributed by atoms with van der Waals surface area (Å²) in [5.41, 5.74) is 7.44. The number of anilines is 2. The summed E-state index contributed by atoms with van der Waals surface area (Å²) < 4.78 is 34.3. The van der Waals surface area contributed by atoms with Crippen LogP contribution in [0.15, 0.2) is 16.6 Å². The van der Waals surface area contributed by atoms with Crippen molar-refractivity contribution in [3.63, 3.8) is 0 Å². The van der Waals surface area contributed by atoms with Gasteiger partial charge in [0.15, 0.2) is 0 Å². The van der Waals surface area contributed by atoms with Gasteiger partial charge < -0.3 is 10.5 Å². The molecule has 0 amide bonds. The Kier molecular flexibility index (Phi) is 4.34. The van der Waals surface area contributed by atoms with Crippen LogP contribution in [0.2, 0.25) is 0 Å². The third-order valence-electron chi connectivity index (χ3n) is 2.87. The molecule has 0 bridgehead atoms. The smallest absolute Gasteiger partial charge is 0.301 e. The fraction of sp³-hybridized carbons (Fsp3) is 0.455. The van der Waals surface area contributed by atoms with E-state index >= 15 is 0 Å². The lowest BCUT2D eigenvalue weighted by Gasteiger charge is -2.27. The highest BCUT2D eigenvalue weighted by Crippen LogP contribution is 2.29. The molecule has 0 aromatic heterocycles. The molecular weight excluding hydrogens is 334 g/mol. The lowest BCUT2D eigenvalue weighted by molar-refractivity contribution is 0.0733. The van der Waals surface area contributed by atoms with E-state index in [0.717, 1.165) is 10.0 Å². The Balaban J connectivity index is 2.25. The van der Waals surface area contributed by atoms with Gasteiger partial charge in [0.2, 0.25) is 0 Å². The molecule has 0 atom stereocenters. The van der Waals surface area contributed by atoms with Crippen molar-refractivity contribution in [2.75, 3.05) is 36.8 Å². The monoisotopic (exact) mass is 349 g/mol. The molecule has 19 heavy (non-hydrogen) atoms. The molecule has 0 saturated carbocycles. The van der Waals surface area contributed by atoms with Crippen molar-refractivity contribution < 1.29 is 13.2 Å². The zero-order valence-electron chi connectivity index (χ0n) is 10.5. The maximum absolute atomic E-state index is 12.2. The number of rotatable bonds is 3. The van der Waals surface area contributed by atoms with Gasteiger partial charge in [0.1, 0.15) is 0 Å². The summed E-state index contributed by atoms with van der Waals surface area (Å²) in [4.78, 5) is 0. The number of halogens is 1. The average molecular weight is 350 g/mol. The minimum Gasteiger partial charge on any atom is -0.397 e. The van der Waals surface area contributed by atoms with E-state index in [0.29, 0.717) is 37.7 Å². The Labute approximate surface area is 121 Å². The fourth-order valence-electron chi connectivity index (χ4n) is 1.89. The first-order chi connectivity index (χ1) is 8.90. The summed E-state index contributed by atoms with van der Waals surface area (Å²) in [6.07, 6.45) is 0. The number of morpholine rings is 1. The molecule has 1 fully saturated rings. The summed E-state index contributed by atoms with van der Waals surface area (Å²) in [7, 11) is -3.59. The van der Waals surface area contributed by atoms with Crippen LogP contribution < -0.4 is 10.5 Å². The van der Waals surface area contributed by atoms with Gasteiger partial charge in [0, 0.05) is 17.6 Å². The minimum absolute atomic E-state index is 0.352. The molecule has 106 valence electrons. The Morgan fingerprint density at radius 1 is 1.37 bits per heavy atom. The van der Waals surface area contributed by atoms with Crippen molar-refractivity contribution in [2.24, 2.45) is 0 Å². The third kappa shape index (κ3) is 3.38. The molecule has 1 aromatic rings. The molecular formula is C11H16BrN3O3S. The molecule has 1 saturated heterocycles. The van der Waals surface area contributed by atoms with Gasteiger partial charge in [-0.2, -0.15) is 12.7 Å². The van der Waals surface area contributed by atoms with Gasteiger partial charge in [-0.1, -0.05) is 15.9 Å². The van der Waals surface area contributed by atoms with Crippen molar-refractivity contribution in [1.82, 2.24) is 4.31 Å². The fourth-order valence-corrected chi connectivity index (χ4v) is 3.77. The Bertz CT molecular complexity index is 548. The second kappa shape index (κ2) is 5.66. The van der Waals surface area contributed by atoms with E-state index in [1.165, 1.54) is 4.31 Å². The molecule has 6 nitrogen and oxygen atoms in total. The summed E-state index contributed by atoms with van der Waals surface area (Å²) in [6.45, 7) is 3.33. The second-order valence-electron chi connectivity index (χ2n) is 4.31. The first kappa shape index (κ1) is 14.6. The molecule has 3 N–H and O–H groups in total. The first-order valence-electron chi connectivity index (χ1n) is 5.81. The molecule has 0 aliphatic carbocycles. The highest BCUT2D eigenvalue weighted by atomic mass is 79.9. The quantitative estimate of drug-likeness (QED) is 0.806. The van der Waals surface area contributed by atoms with Crippen molar-refractivity contribution in [2.45, 2.75) is 6.92 Å². The predicted octanol–water partition coefficient (Wildman–Crippen LogP) is 1.33.